The molecule has 1 N–H and O–H groups in total. The van der Waals surface area contributed by atoms with Gasteiger partial charge < -0.3 is 14.6 Å². The highest BCUT2D eigenvalue weighted by atomic mass is 16.4. The number of hydrogen-bond acceptors (Lipinski definition) is 3. The van der Waals surface area contributed by atoms with Gasteiger partial charge in [0, 0.05) is 37.6 Å². The predicted octanol–water partition coefficient (Wildman–Crippen LogP) is 0.799. The highest BCUT2D eigenvalue weighted by molar-refractivity contribution is 6.01. The molecule has 1 heterocycles. The van der Waals surface area contributed by atoms with E-state index in [0.29, 0.717) is 6.54 Å². The van der Waals surface area contributed by atoms with Gasteiger partial charge in [-0.05, 0) is 13.8 Å². The molecule has 0 aliphatic carbocycles. The van der Waals surface area contributed by atoms with Crippen molar-refractivity contribution in [2.45, 2.75) is 20.4 Å². The fourth-order valence-electron chi connectivity index (χ4n) is 1.44. The number of amides is 1. The molecule has 0 spiro atoms. The molecule has 1 amide bonds. The van der Waals surface area contributed by atoms with Crippen LogP contribution in [0.25, 0.3) is 0 Å². The molecule has 0 radical (unpaired) electrons. The van der Waals surface area contributed by atoms with E-state index in [4.69, 9.17) is 5.11 Å². The molecular formula is C12H17N3O3. The molecule has 98 valence electrons. The maximum Gasteiger partial charge on any atom is 0.331 e. The first-order chi connectivity index (χ1) is 8.34. The van der Waals surface area contributed by atoms with Crippen molar-refractivity contribution >= 4 is 11.9 Å². The van der Waals surface area contributed by atoms with Gasteiger partial charge in [-0.3, -0.25) is 4.79 Å². The lowest BCUT2D eigenvalue weighted by Gasteiger charge is -2.17. The predicted molar refractivity (Wildman–Crippen MR) is 65.7 cm³/mol. The molecule has 0 saturated carbocycles. The summed E-state index contributed by atoms with van der Waals surface area (Å²) in [5.74, 6) is -0.643. The third-order valence-corrected chi connectivity index (χ3v) is 2.85. The number of aromatic nitrogens is 2. The molecule has 0 aromatic carbocycles. The number of hydrogen-bond donors (Lipinski definition) is 1. The van der Waals surface area contributed by atoms with E-state index < -0.39 is 5.97 Å². The van der Waals surface area contributed by atoms with E-state index in [1.165, 1.54) is 18.7 Å². The molecule has 6 heteroatoms. The van der Waals surface area contributed by atoms with Crippen molar-refractivity contribution in [2.24, 2.45) is 7.05 Å². The number of carboxylic acid groups (broad SMARTS) is 1. The van der Waals surface area contributed by atoms with E-state index in [-0.39, 0.29) is 17.1 Å². The van der Waals surface area contributed by atoms with Gasteiger partial charge in [0.25, 0.3) is 0 Å². The van der Waals surface area contributed by atoms with Crippen molar-refractivity contribution < 1.29 is 14.7 Å². The topological polar surface area (TPSA) is 75.4 Å². The van der Waals surface area contributed by atoms with Crippen molar-refractivity contribution in [1.82, 2.24) is 14.5 Å². The molecular weight excluding hydrogens is 234 g/mol. The van der Waals surface area contributed by atoms with Crippen LogP contribution >= 0.6 is 0 Å². The van der Waals surface area contributed by atoms with Crippen molar-refractivity contribution in [3.63, 3.8) is 0 Å². The fourth-order valence-corrected chi connectivity index (χ4v) is 1.44. The van der Waals surface area contributed by atoms with Gasteiger partial charge in [-0.1, -0.05) is 0 Å². The Bertz CT molecular complexity index is 502. The Balaban J connectivity index is 2.83. The largest absolute Gasteiger partial charge is 0.478 e. The number of nitrogens with zero attached hydrogens (tertiary/aromatic N) is 3. The Labute approximate surface area is 106 Å². The zero-order valence-electron chi connectivity index (χ0n) is 11.0. The van der Waals surface area contributed by atoms with Crippen LogP contribution in [0.2, 0.25) is 0 Å². The Morgan fingerprint density at radius 1 is 1.39 bits per heavy atom. The number of rotatable bonds is 4. The van der Waals surface area contributed by atoms with Gasteiger partial charge in [0.05, 0.1) is 6.54 Å². The molecule has 1 rings (SSSR count). The summed E-state index contributed by atoms with van der Waals surface area (Å²) in [5, 5.41) is 8.84. The van der Waals surface area contributed by atoms with Gasteiger partial charge in [0.1, 0.15) is 5.82 Å². The summed E-state index contributed by atoms with van der Waals surface area (Å²) in [6, 6.07) is 0. The number of aliphatic carboxylic acids is 1. The summed E-state index contributed by atoms with van der Waals surface area (Å²) in [4.78, 5) is 28.4. The lowest BCUT2D eigenvalue weighted by Crippen LogP contribution is -2.29. The number of carbonyl (C=O) groups is 2. The van der Waals surface area contributed by atoms with Gasteiger partial charge in [0.15, 0.2) is 0 Å². The first kappa shape index (κ1) is 14.0. The fraction of sp³-hybridized carbons (Fsp3) is 0.417. The number of aryl methyl sites for hydroxylation is 1. The molecule has 0 atom stereocenters. The summed E-state index contributed by atoms with van der Waals surface area (Å²) in [7, 11) is 3.46. The molecule has 0 saturated heterocycles. The van der Waals surface area contributed by atoms with Gasteiger partial charge >= 0.3 is 5.97 Å². The molecule has 1 aromatic heterocycles. The second-order valence-electron chi connectivity index (χ2n) is 4.17. The average Bonchev–Trinajstić information content (AvgIpc) is 2.71. The Morgan fingerprint density at radius 2 is 2.00 bits per heavy atom. The number of carbonyl (C=O) groups excluding carboxylic acids is 1. The summed E-state index contributed by atoms with van der Waals surface area (Å²) >= 11 is 0. The van der Waals surface area contributed by atoms with Crippen molar-refractivity contribution in [3.8, 4) is 0 Å². The minimum absolute atomic E-state index is 0.0618. The second-order valence-corrected chi connectivity index (χ2v) is 4.17. The van der Waals surface area contributed by atoms with Crippen LogP contribution in [-0.2, 0) is 23.2 Å². The molecule has 0 bridgehead atoms. The van der Waals surface area contributed by atoms with Gasteiger partial charge in [-0.25, -0.2) is 9.78 Å². The first-order valence-corrected chi connectivity index (χ1v) is 5.47. The van der Waals surface area contributed by atoms with E-state index in [9.17, 15) is 9.59 Å². The van der Waals surface area contributed by atoms with Gasteiger partial charge in [0.2, 0.25) is 5.91 Å². The van der Waals surface area contributed by atoms with E-state index in [1.807, 2.05) is 11.6 Å². The maximum atomic E-state index is 12.0. The van der Waals surface area contributed by atoms with E-state index in [1.54, 1.807) is 19.4 Å². The molecule has 0 unspecified atom stereocenters. The second kappa shape index (κ2) is 5.48. The van der Waals surface area contributed by atoms with Gasteiger partial charge in [-0.2, -0.15) is 0 Å². The highest BCUT2D eigenvalue weighted by Gasteiger charge is 2.17. The Morgan fingerprint density at radius 3 is 2.44 bits per heavy atom. The van der Waals surface area contributed by atoms with Crippen LogP contribution in [0.5, 0.6) is 0 Å². The zero-order chi connectivity index (χ0) is 13.9. The third kappa shape index (κ3) is 2.97. The smallest absolute Gasteiger partial charge is 0.331 e. The summed E-state index contributed by atoms with van der Waals surface area (Å²) in [6.45, 7) is 3.28. The van der Waals surface area contributed by atoms with Crippen LogP contribution in [0.15, 0.2) is 23.5 Å². The lowest BCUT2D eigenvalue weighted by molar-refractivity contribution is -0.133. The minimum atomic E-state index is -1.08. The molecule has 0 aliphatic heterocycles. The Kier molecular flexibility index (Phi) is 4.25. The third-order valence-electron chi connectivity index (χ3n) is 2.85. The monoisotopic (exact) mass is 251 g/mol. The molecule has 1 aromatic rings. The molecule has 6 nitrogen and oxygen atoms in total. The highest BCUT2D eigenvalue weighted by Crippen LogP contribution is 2.09. The lowest BCUT2D eigenvalue weighted by atomic mass is 10.1. The van der Waals surface area contributed by atoms with E-state index >= 15 is 0 Å². The Hall–Kier alpha value is -2.11. The molecule has 0 aliphatic rings. The van der Waals surface area contributed by atoms with Crippen LogP contribution in [0, 0.1) is 0 Å². The van der Waals surface area contributed by atoms with Crippen molar-refractivity contribution in [1.29, 1.82) is 0 Å². The maximum absolute atomic E-state index is 12.0. The van der Waals surface area contributed by atoms with Crippen LogP contribution in [0.1, 0.15) is 19.7 Å². The summed E-state index contributed by atoms with van der Waals surface area (Å²) in [6.07, 6.45) is 3.44. The van der Waals surface area contributed by atoms with Gasteiger partial charge in [-0.15, -0.1) is 0 Å². The minimum Gasteiger partial charge on any atom is -0.478 e. The number of imidazole rings is 1. The SMILES string of the molecule is C/C(C(=O)O)=C(\C)C(=O)N(C)Cc1nccn1C. The quantitative estimate of drug-likeness (QED) is 0.803. The van der Waals surface area contributed by atoms with Crippen LogP contribution < -0.4 is 0 Å². The average molecular weight is 251 g/mol. The van der Waals surface area contributed by atoms with Crippen molar-refractivity contribution in [2.75, 3.05) is 7.05 Å². The number of carboxylic acids is 1. The standard InChI is InChI=1S/C12H17N3O3/c1-8(9(2)12(17)18)11(16)15(4)7-10-13-5-6-14(10)3/h5-6H,7H2,1-4H3,(H,17,18)/b9-8-. The number of likely N-dealkylation sites (N-methyl/N-ethyl adjacent to an activating group) is 1. The molecule has 0 fully saturated rings. The summed E-state index contributed by atoms with van der Waals surface area (Å²) < 4.78 is 1.81. The molecule has 18 heavy (non-hydrogen) atoms. The zero-order valence-corrected chi connectivity index (χ0v) is 11.0. The van der Waals surface area contributed by atoms with Crippen molar-refractivity contribution in [3.05, 3.63) is 29.4 Å². The van der Waals surface area contributed by atoms with E-state index in [0.717, 1.165) is 5.82 Å². The normalized spacial score (nSPS) is 12.0. The van der Waals surface area contributed by atoms with Crippen LogP contribution in [-0.4, -0.2) is 38.5 Å². The van der Waals surface area contributed by atoms with Crippen LogP contribution in [0.4, 0.5) is 0 Å². The van der Waals surface area contributed by atoms with Crippen LogP contribution in [0.3, 0.4) is 0 Å². The summed E-state index contributed by atoms with van der Waals surface area (Å²) in [5.41, 5.74) is 0.297. The van der Waals surface area contributed by atoms with E-state index in [2.05, 4.69) is 4.98 Å². The first-order valence-electron chi connectivity index (χ1n) is 5.47.